The zero-order valence-corrected chi connectivity index (χ0v) is 16.3. The average Bonchev–Trinajstić information content (AvgIpc) is 2.45. The van der Waals surface area contributed by atoms with Crippen molar-refractivity contribution in [1.29, 1.82) is 0 Å². The smallest absolute Gasteiger partial charge is 0.379 e. The maximum atomic E-state index is 12.2. The standard InChI is InChI=1S/C14H27F3N4O.HI/c1-11(2)12(21-6-8-22-9-7-21)10-20-13(18-3)19-5-4-14(15,16)17;/h11-12H,4-10H2,1-3H3,(H2,18,19,20);1H. The van der Waals surface area contributed by atoms with Crippen LogP contribution in [0.25, 0.3) is 0 Å². The summed E-state index contributed by atoms with van der Waals surface area (Å²) in [7, 11) is 1.56. The summed E-state index contributed by atoms with van der Waals surface area (Å²) >= 11 is 0. The van der Waals surface area contributed by atoms with Gasteiger partial charge in [0, 0.05) is 39.3 Å². The molecule has 1 heterocycles. The highest BCUT2D eigenvalue weighted by Gasteiger charge is 2.27. The van der Waals surface area contributed by atoms with Crippen molar-refractivity contribution in [3.63, 3.8) is 0 Å². The molecule has 0 amide bonds. The van der Waals surface area contributed by atoms with E-state index in [1.807, 2.05) is 0 Å². The van der Waals surface area contributed by atoms with E-state index in [2.05, 4.69) is 34.4 Å². The van der Waals surface area contributed by atoms with Crippen LogP contribution in [0.4, 0.5) is 13.2 Å². The molecule has 0 saturated carbocycles. The van der Waals surface area contributed by atoms with E-state index < -0.39 is 12.6 Å². The fraction of sp³-hybridized carbons (Fsp3) is 0.929. The van der Waals surface area contributed by atoms with E-state index in [-0.39, 0.29) is 30.5 Å². The third-order valence-corrected chi connectivity index (χ3v) is 3.69. The number of alkyl halides is 3. The molecule has 1 rings (SSSR count). The SMILES string of the molecule is CN=C(NCCC(F)(F)F)NCC(C(C)C)N1CCOCC1.I. The highest BCUT2D eigenvalue weighted by molar-refractivity contribution is 14.0. The van der Waals surface area contributed by atoms with Gasteiger partial charge < -0.3 is 15.4 Å². The fourth-order valence-electron chi connectivity index (χ4n) is 2.44. The summed E-state index contributed by atoms with van der Waals surface area (Å²) in [5, 5.41) is 5.82. The summed E-state index contributed by atoms with van der Waals surface area (Å²) in [5.74, 6) is 0.835. The molecule has 0 bridgehead atoms. The first kappa shape index (κ1) is 22.7. The zero-order valence-electron chi connectivity index (χ0n) is 13.9. The van der Waals surface area contributed by atoms with Crippen molar-refractivity contribution in [2.45, 2.75) is 32.5 Å². The van der Waals surface area contributed by atoms with Crippen LogP contribution in [0.2, 0.25) is 0 Å². The number of guanidine groups is 1. The molecule has 9 heteroatoms. The van der Waals surface area contributed by atoms with Gasteiger partial charge in [-0.15, -0.1) is 24.0 Å². The number of halogens is 4. The average molecular weight is 452 g/mol. The van der Waals surface area contributed by atoms with Crippen LogP contribution in [0, 0.1) is 5.92 Å². The second kappa shape index (κ2) is 11.3. The van der Waals surface area contributed by atoms with Crippen molar-refractivity contribution >= 4 is 29.9 Å². The Hall–Kier alpha value is -0.290. The highest BCUT2D eigenvalue weighted by atomic mass is 127. The first-order valence-electron chi connectivity index (χ1n) is 7.66. The van der Waals surface area contributed by atoms with Crippen molar-refractivity contribution in [2.75, 3.05) is 46.4 Å². The van der Waals surface area contributed by atoms with Crippen LogP contribution in [0.15, 0.2) is 4.99 Å². The summed E-state index contributed by atoms with van der Waals surface area (Å²) in [6.07, 6.45) is -5.02. The Morgan fingerprint density at radius 2 is 1.83 bits per heavy atom. The van der Waals surface area contributed by atoms with Crippen LogP contribution in [0.5, 0.6) is 0 Å². The molecule has 0 aromatic carbocycles. The minimum atomic E-state index is -4.15. The number of nitrogens with one attached hydrogen (secondary N) is 2. The third kappa shape index (κ3) is 9.55. The van der Waals surface area contributed by atoms with Gasteiger partial charge in [-0.05, 0) is 5.92 Å². The van der Waals surface area contributed by atoms with E-state index in [1.165, 1.54) is 0 Å². The molecule has 1 aliphatic rings. The minimum Gasteiger partial charge on any atom is -0.379 e. The second-order valence-electron chi connectivity index (χ2n) is 5.70. The van der Waals surface area contributed by atoms with Gasteiger partial charge in [0.2, 0.25) is 0 Å². The molecular formula is C14H28F3IN4O. The van der Waals surface area contributed by atoms with Gasteiger partial charge in [-0.25, -0.2) is 0 Å². The summed E-state index contributed by atoms with van der Waals surface area (Å²) in [5.41, 5.74) is 0. The summed E-state index contributed by atoms with van der Waals surface area (Å²) < 4.78 is 41.8. The topological polar surface area (TPSA) is 48.9 Å². The Bertz CT molecular complexity index is 347. The van der Waals surface area contributed by atoms with Crippen molar-refractivity contribution in [3.8, 4) is 0 Å². The lowest BCUT2D eigenvalue weighted by molar-refractivity contribution is -0.132. The quantitative estimate of drug-likeness (QED) is 0.368. The van der Waals surface area contributed by atoms with Gasteiger partial charge in [-0.3, -0.25) is 9.89 Å². The highest BCUT2D eigenvalue weighted by Crippen LogP contribution is 2.18. The number of hydrogen-bond acceptors (Lipinski definition) is 3. The van der Waals surface area contributed by atoms with Gasteiger partial charge in [0.1, 0.15) is 0 Å². The van der Waals surface area contributed by atoms with Crippen LogP contribution in [0.1, 0.15) is 20.3 Å². The fourth-order valence-corrected chi connectivity index (χ4v) is 2.44. The van der Waals surface area contributed by atoms with E-state index >= 15 is 0 Å². The first-order chi connectivity index (χ1) is 10.3. The summed E-state index contributed by atoms with van der Waals surface area (Å²) in [4.78, 5) is 6.32. The molecular weight excluding hydrogens is 424 g/mol. The van der Waals surface area contributed by atoms with Crippen molar-refractivity contribution in [3.05, 3.63) is 0 Å². The second-order valence-corrected chi connectivity index (χ2v) is 5.70. The lowest BCUT2D eigenvalue weighted by Gasteiger charge is -2.37. The molecule has 0 spiro atoms. The zero-order chi connectivity index (χ0) is 16.6. The molecule has 1 aliphatic heterocycles. The maximum absolute atomic E-state index is 12.2. The van der Waals surface area contributed by atoms with Crippen LogP contribution in [0.3, 0.4) is 0 Å². The van der Waals surface area contributed by atoms with Gasteiger partial charge in [0.25, 0.3) is 0 Å². The lowest BCUT2D eigenvalue weighted by Crippen LogP contribution is -2.52. The largest absolute Gasteiger partial charge is 0.390 e. The van der Waals surface area contributed by atoms with Crippen LogP contribution in [-0.2, 0) is 4.74 Å². The molecule has 0 aromatic rings. The predicted octanol–water partition coefficient (Wildman–Crippen LogP) is 2.08. The molecule has 23 heavy (non-hydrogen) atoms. The molecule has 0 aliphatic carbocycles. The Kier molecular flexibility index (Phi) is 11.2. The maximum Gasteiger partial charge on any atom is 0.390 e. The molecule has 1 saturated heterocycles. The third-order valence-electron chi connectivity index (χ3n) is 3.69. The Morgan fingerprint density at radius 3 is 2.30 bits per heavy atom. The molecule has 138 valence electrons. The summed E-state index contributed by atoms with van der Waals surface area (Å²) in [6.45, 7) is 7.96. The molecule has 5 nitrogen and oxygen atoms in total. The predicted molar refractivity (Wildman–Crippen MR) is 96.5 cm³/mol. The molecule has 1 unspecified atom stereocenters. The van der Waals surface area contributed by atoms with E-state index in [9.17, 15) is 13.2 Å². The molecule has 0 radical (unpaired) electrons. The van der Waals surface area contributed by atoms with Gasteiger partial charge in [0.15, 0.2) is 5.96 Å². The monoisotopic (exact) mass is 452 g/mol. The Labute approximate surface area is 153 Å². The number of ether oxygens (including phenoxy) is 1. The number of hydrogen-bond donors (Lipinski definition) is 2. The van der Waals surface area contributed by atoms with Gasteiger partial charge in [0.05, 0.1) is 19.6 Å². The van der Waals surface area contributed by atoms with E-state index in [4.69, 9.17) is 4.74 Å². The van der Waals surface area contributed by atoms with Gasteiger partial charge >= 0.3 is 6.18 Å². The minimum absolute atomic E-state index is 0. The van der Waals surface area contributed by atoms with Crippen LogP contribution in [-0.4, -0.2) is 69.5 Å². The first-order valence-corrected chi connectivity index (χ1v) is 7.66. The van der Waals surface area contributed by atoms with Crippen molar-refractivity contribution < 1.29 is 17.9 Å². The number of morpholine rings is 1. The Balaban J connectivity index is 0.00000484. The lowest BCUT2D eigenvalue weighted by atomic mass is 10.0. The van der Waals surface area contributed by atoms with Crippen molar-refractivity contribution in [2.24, 2.45) is 10.9 Å². The number of nitrogens with zero attached hydrogens (tertiary/aromatic N) is 2. The van der Waals surface area contributed by atoms with Crippen molar-refractivity contribution in [1.82, 2.24) is 15.5 Å². The van der Waals surface area contributed by atoms with E-state index in [1.54, 1.807) is 7.05 Å². The Morgan fingerprint density at radius 1 is 1.22 bits per heavy atom. The van der Waals surface area contributed by atoms with E-state index in [0.29, 0.717) is 24.5 Å². The number of aliphatic imine (C=N–C) groups is 1. The normalized spacial score (nSPS) is 18.5. The summed E-state index contributed by atoms with van der Waals surface area (Å²) in [6, 6.07) is 0.296. The molecule has 0 aromatic heterocycles. The van der Waals surface area contributed by atoms with Gasteiger partial charge in [-0.1, -0.05) is 13.8 Å². The van der Waals surface area contributed by atoms with Crippen LogP contribution >= 0.6 is 24.0 Å². The molecule has 1 atom stereocenters. The number of rotatable bonds is 6. The van der Waals surface area contributed by atoms with E-state index in [0.717, 1.165) is 26.3 Å². The van der Waals surface area contributed by atoms with Gasteiger partial charge in [-0.2, -0.15) is 13.2 Å². The molecule has 1 fully saturated rings. The van der Waals surface area contributed by atoms with Crippen LogP contribution < -0.4 is 10.6 Å². The molecule has 2 N–H and O–H groups in total.